The molecule has 0 saturated heterocycles. The number of sulfonamides is 2. The lowest BCUT2D eigenvalue weighted by Crippen LogP contribution is -2.34. The van der Waals surface area contributed by atoms with Gasteiger partial charge in [-0.05, 0) is 36.4 Å². The fraction of sp³-hybridized carbons (Fsp3) is 0.316. The predicted molar refractivity (Wildman–Crippen MR) is 112 cm³/mol. The summed E-state index contributed by atoms with van der Waals surface area (Å²) in [5.41, 5.74) is -0.534. The molecule has 0 aliphatic rings. The van der Waals surface area contributed by atoms with E-state index in [4.69, 9.17) is 0 Å². The number of halogens is 3. The van der Waals surface area contributed by atoms with Gasteiger partial charge in [0.2, 0.25) is 10.0 Å². The van der Waals surface area contributed by atoms with E-state index >= 15 is 0 Å². The van der Waals surface area contributed by atoms with Crippen molar-refractivity contribution in [3.63, 3.8) is 0 Å². The van der Waals surface area contributed by atoms with E-state index < -0.39 is 38.7 Å². The maximum atomic E-state index is 12.7. The Hall–Kier alpha value is -2.64. The third kappa shape index (κ3) is 6.20. The zero-order valence-electron chi connectivity index (χ0n) is 17.2. The van der Waals surface area contributed by atoms with Crippen molar-refractivity contribution in [2.75, 3.05) is 24.4 Å². The van der Waals surface area contributed by atoms with E-state index in [2.05, 4.69) is 4.72 Å². The molecule has 0 spiro atoms. The topological polar surface area (TPSA) is 113 Å². The molecule has 8 nitrogen and oxygen atoms in total. The molecule has 0 radical (unpaired) electrons. The highest BCUT2D eigenvalue weighted by Gasteiger charge is 2.29. The van der Waals surface area contributed by atoms with E-state index in [0.29, 0.717) is 0 Å². The summed E-state index contributed by atoms with van der Waals surface area (Å²) in [5.74, 6) is -1.11. The number of anilines is 1. The van der Waals surface area contributed by atoms with Crippen LogP contribution in [0.4, 0.5) is 18.9 Å². The van der Waals surface area contributed by atoms with Gasteiger partial charge >= 0.3 is 6.18 Å². The number of nitrogens with zero attached hydrogens (tertiary/aromatic N) is 1. The standard InChI is InChI=1S/C19H22F3N3O5S2/c1-3-25(4-2)32(29,30)15-11-9-14(10-12-15)31(27,28)24-17-8-6-5-7-16(17)18(26)23-13-19(20,21)22/h5-12,24H,3-4,13H2,1-2H3,(H,23,26). The van der Waals surface area contributed by atoms with Crippen LogP contribution in [0.15, 0.2) is 58.3 Å². The lowest BCUT2D eigenvalue weighted by Gasteiger charge is -2.18. The molecule has 0 aliphatic heterocycles. The monoisotopic (exact) mass is 493 g/mol. The highest BCUT2D eigenvalue weighted by Crippen LogP contribution is 2.23. The second-order valence-electron chi connectivity index (χ2n) is 6.51. The lowest BCUT2D eigenvalue weighted by atomic mass is 10.1. The SMILES string of the molecule is CCN(CC)S(=O)(=O)c1ccc(S(=O)(=O)Nc2ccccc2C(=O)NCC(F)(F)F)cc1. The Bertz CT molecular complexity index is 1160. The quantitative estimate of drug-likeness (QED) is 0.558. The average molecular weight is 494 g/mol. The molecule has 0 bridgehead atoms. The van der Waals surface area contributed by atoms with Gasteiger partial charge in [0.15, 0.2) is 0 Å². The Morgan fingerprint density at radius 1 is 0.906 bits per heavy atom. The molecule has 1 amide bonds. The van der Waals surface area contributed by atoms with Crippen molar-refractivity contribution in [1.29, 1.82) is 0 Å². The van der Waals surface area contributed by atoms with Crippen molar-refractivity contribution < 1.29 is 34.8 Å². The Morgan fingerprint density at radius 3 is 1.97 bits per heavy atom. The van der Waals surface area contributed by atoms with Gasteiger partial charge in [-0.2, -0.15) is 17.5 Å². The van der Waals surface area contributed by atoms with Gasteiger partial charge in [-0.1, -0.05) is 26.0 Å². The third-order valence-electron chi connectivity index (χ3n) is 4.34. The normalized spacial score (nSPS) is 12.6. The maximum Gasteiger partial charge on any atom is 0.405 e. The van der Waals surface area contributed by atoms with Gasteiger partial charge in [0, 0.05) is 13.1 Å². The van der Waals surface area contributed by atoms with Gasteiger partial charge in [-0.15, -0.1) is 0 Å². The van der Waals surface area contributed by atoms with Crippen molar-refractivity contribution in [2.45, 2.75) is 29.8 Å². The van der Waals surface area contributed by atoms with Gasteiger partial charge in [-0.3, -0.25) is 9.52 Å². The summed E-state index contributed by atoms with van der Waals surface area (Å²) in [6.45, 7) is 2.26. The van der Waals surface area contributed by atoms with Crippen LogP contribution in [-0.2, 0) is 20.0 Å². The number of amides is 1. The highest BCUT2D eigenvalue weighted by molar-refractivity contribution is 7.92. The number of hydrogen-bond donors (Lipinski definition) is 2. The average Bonchev–Trinajstić information content (AvgIpc) is 2.72. The first-order valence-electron chi connectivity index (χ1n) is 9.39. The molecule has 2 N–H and O–H groups in total. The first-order chi connectivity index (χ1) is 14.8. The summed E-state index contributed by atoms with van der Waals surface area (Å²) in [5, 5.41) is 1.68. The van der Waals surface area contributed by atoms with Gasteiger partial charge in [-0.25, -0.2) is 16.8 Å². The molecule has 0 fully saturated rings. The number of nitrogens with one attached hydrogen (secondary N) is 2. The van der Waals surface area contributed by atoms with E-state index in [0.717, 1.165) is 24.3 Å². The second kappa shape index (κ2) is 9.88. The zero-order valence-corrected chi connectivity index (χ0v) is 18.8. The van der Waals surface area contributed by atoms with Crippen molar-refractivity contribution in [1.82, 2.24) is 9.62 Å². The largest absolute Gasteiger partial charge is 0.405 e. The molecule has 32 heavy (non-hydrogen) atoms. The van der Waals surface area contributed by atoms with E-state index in [1.54, 1.807) is 19.2 Å². The van der Waals surface area contributed by atoms with Crippen LogP contribution in [0, 0.1) is 0 Å². The predicted octanol–water partition coefficient (Wildman–Crippen LogP) is 2.81. The third-order valence-corrected chi connectivity index (χ3v) is 7.79. The van der Waals surface area contributed by atoms with Crippen LogP contribution in [0.3, 0.4) is 0 Å². The first-order valence-corrected chi connectivity index (χ1v) is 12.3. The molecular weight excluding hydrogens is 471 g/mol. The minimum atomic E-state index is -4.63. The fourth-order valence-corrected chi connectivity index (χ4v) is 5.29. The summed E-state index contributed by atoms with van der Waals surface area (Å²) >= 11 is 0. The van der Waals surface area contributed by atoms with Crippen LogP contribution in [0.1, 0.15) is 24.2 Å². The minimum absolute atomic E-state index is 0.0907. The maximum absolute atomic E-state index is 12.7. The van der Waals surface area contributed by atoms with E-state index in [9.17, 15) is 34.8 Å². The molecule has 13 heteroatoms. The van der Waals surface area contributed by atoms with Crippen molar-refractivity contribution >= 4 is 31.6 Å². The van der Waals surface area contributed by atoms with Crippen molar-refractivity contribution in [3.8, 4) is 0 Å². The number of rotatable bonds is 9. The van der Waals surface area contributed by atoms with E-state index in [1.165, 1.54) is 28.6 Å². The van der Waals surface area contributed by atoms with Crippen LogP contribution in [0.25, 0.3) is 0 Å². The molecular formula is C19H22F3N3O5S2. The lowest BCUT2D eigenvalue weighted by molar-refractivity contribution is -0.123. The summed E-state index contributed by atoms with van der Waals surface area (Å²) in [7, 11) is -8.05. The number of hydrogen-bond acceptors (Lipinski definition) is 5. The summed E-state index contributed by atoms with van der Waals surface area (Å²) < 4.78 is 91.0. The molecule has 176 valence electrons. The second-order valence-corrected chi connectivity index (χ2v) is 10.1. The fourth-order valence-electron chi connectivity index (χ4n) is 2.75. The van der Waals surface area contributed by atoms with Crippen molar-refractivity contribution in [3.05, 3.63) is 54.1 Å². The van der Waals surface area contributed by atoms with Crippen LogP contribution in [0.5, 0.6) is 0 Å². The zero-order chi connectivity index (χ0) is 24.2. The number of para-hydroxylation sites is 1. The molecule has 2 rings (SSSR count). The molecule has 0 aromatic heterocycles. The number of carbonyl (C=O) groups excluding carboxylic acids is 1. The van der Waals surface area contributed by atoms with E-state index in [1.807, 2.05) is 0 Å². The molecule has 0 unspecified atom stereocenters. The Balaban J connectivity index is 2.29. The molecule has 0 saturated carbocycles. The van der Waals surface area contributed by atoms with Crippen LogP contribution >= 0.6 is 0 Å². The Morgan fingerprint density at radius 2 is 1.44 bits per heavy atom. The number of benzene rings is 2. The molecule has 0 heterocycles. The molecule has 2 aromatic rings. The Labute approximate surface area is 184 Å². The summed E-state index contributed by atoms with van der Waals surface area (Å²) in [6.07, 6.45) is -4.63. The highest BCUT2D eigenvalue weighted by atomic mass is 32.2. The van der Waals surface area contributed by atoms with Gasteiger partial charge < -0.3 is 5.32 Å². The van der Waals surface area contributed by atoms with Crippen LogP contribution in [0.2, 0.25) is 0 Å². The Kier molecular flexibility index (Phi) is 7.91. The number of carbonyl (C=O) groups is 1. The molecule has 0 aliphatic carbocycles. The molecule has 2 aromatic carbocycles. The smallest absolute Gasteiger partial charge is 0.343 e. The van der Waals surface area contributed by atoms with Crippen LogP contribution < -0.4 is 10.0 Å². The first kappa shape index (κ1) is 25.6. The summed E-state index contributed by atoms with van der Waals surface area (Å²) in [4.78, 5) is 11.7. The van der Waals surface area contributed by atoms with Gasteiger partial charge in [0.1, 0.15) is 6.54 Å². The van der Waals surface area contributed by atoms with Crippen molar-refractivity contribution in [2.24, 2.45) is 0 Å². The number of alkyl halides is 3. The summed E-state index contributed by atoms with van der Waals surface area (Å²) in [6, 6.07) is 9.62. The van der Waals surface area contributed by atoms with Crippen LogP contribution in [-0.4, -0.2) is 52.9 Å². The minimum Gasteiger partial charge on any atom is -0.343 e. The van der Waals surface area contributed by atoms with Gasteiger partial charge in [0.25, 0.3) is 15.9 Å². The molecule has 0 atom stereocenters. The van der Waals surface area contributed by atoms with Gasteiger partial charge in [0.05, 0.1) is 21.0 Å². The van der Waals surface area contributed by atoms with E-state index in [-0.39, 0.29) is 34.1 Å².